The van der Waals surface area contributed by atoms with Crippen molar-refractivity contribution in [1.82, 2.24) is 0 Å². The predicted molar refractivity (Wildman–Crippen MR) is 59.5 cm³/mol. The summed E-state index contributed by atoms with van der Waals surface area (Å²) in [6.45, 7) is 1.14. The van der Waals surface area contributed by atoms with Gasteiger partial charge in [-0.1, -0.05) is 15.9 Å². The zero-order valence-electron chi connectivity index (χ0n) is 7.94. The Morgan fingerprint density at radius 2 is 2.40 bits per heavy atom. The minimum absolute atomic E-state index is 0.00676. The number of benzene rings is 1. The van der Waals surface area contributed by atoms with E-state index >= 15 is 0 Å². The highest BCUT2D eigenvalue weighted by molar-refractivity contribution is 9.10. The van der Waals surface area contributed by atoms with Gasteiger partial charge < -0.3 is 14.7 Å². The fourth-order valence-electron chi connectivity index (χ4n) is 1.57. The maximum Gasteiger partial charge on any atom is 0.323 e. The topological polar surface area (TPSA) is 49.8 Å². The van der Waals surface area contributed by atoms with Crippen LogP contribution in [0.4, 0.5) is 5.69 Å². The summed E-state index contributed by atoms with van der Waals surface area (Å²) in [5, 5.41) is 8.77. The lowest BCUT2D eigenvalue weighted by molar-refractivity contribution is -0.135. The number of nitrogens with zero attached hydrogens (tertiary/aromatic N) is 1. The molecule has 0 saturated carbocycles. The van der Waals surface area contributed by atoms with Crippen LogP contribution in [0.2, 0.25) is 0 Å². The number of hydrogen-bond acceptors (Lipinski definition) is 3. The number of carbonyl (C=O) groups is 1. The van der Waals surface area contributed by atoms with E-state index in [2.05, 4.69) is 15.9 Å². The number of fused-ring (bicyclic) bond motifs is 1. The number of hydrogen-bond donors (Lipinski definition) is 1. The van der Waals surface area contributed by atoms with Gasteiger partial charge in [-0.25, -0.2) is 0 Å². The van der Waals surface area contributed by atoms with Crippen LogP contribution in [0.15, 0.2) is 22.7 Å². The molecule has 1 aromatic carbocycles. The maximum atomic E-state index is 10.7. The Morgan fingerprint density at radius 1 is 1.60 bits per heavy atom. The third-order valence-electron chi connectivity index (χ3n) is 2.21. The van der Waals surface area contributed by atoms with E-state index < -0.39 is 5.97 Å². The Balaban J connectivity index is 2.32. The quantitative estimate of drug-likeness (QED) is 0.890. The molecule has 0 aromatic heterocycles. The zero-order valence-corrected chi connectivity index (χ0v) is 9.53. The number of carboxylic acids is 1. The summed E-state index contributed by atoms with van der Waals surface area (Å²) in [5.74, 6) is -0.0893. The van der Waals surface area contributed by atoms with Crippen molar-refractivity contribution in [2.75, 3.05) is 24.6 Å². The molecule has 0 radical (unpaired) electrons. The van der Waals surface area contributed by atoms with Gasteiger partial charge in [0.15, 0.2) is 0 Å². The van der Waals surface area contributed by atoms with E-state index in [9.17, 15) is 4.79 Å². The van der Waals surface area contributed by atoms with Gasteiger partial charge in [0, 0.05) is 4.47 Å². The Labute approximate surface area is 95.6 Å². The number of ether oxygens (including phenoxy) is 1. The van der Waals surface area contributed by atoms with Gasteiger partial charge in [-0.15, -0.1) is 0 Å². The molecule has 1 aromatic rings. The monoisotopic (exact) mass is 271 g/mol. The molecule has 0 fully saturated rings. The molecule has 4 nitrogen and oxygen atoms in total. The first kappa shape index (κ1) is 10.3. The van der Waals surface area contributed by atoms with Crippen LogP contribution in [0.5, 0.6) is 5.75 Å². The van der Waals surface area contributed by atoms with Crippen molar-refractivity contribution in [1.29, 1.82) is 0 Å². The fourth-order valence-corrected chi connectivity index (χ4v) is 1.92. The molecule has 80 valence electrons. The molecule has 1 aliphatic heterocycles. The molecule has 0 aliphatic carbocycles. The maximum absolute atomic E-state index is 10.7. The van der Waals surface area contributed by atoms with E-state index in [0.29, 0.717) is 13.2 Å². The number of rotatable bonds is 2. The van der Waals surface area contributed by atoms with E-state index in [-0.39, 0.29) is 6.54 Å². The van der Waals surface area contributed by atoms with Crippen LogP contribution in [-0.2, 0) is 4.79 Å². The Hall–Kier alpha value is -1.23. The van der Waals surface area contributed by atoms with E-state index in [1.165, 1.54) is 0 Å². The number of anilines is 1. The van der Waals surface area contributed by atoms with Gasteiger partial charge in [-0.3, -0.25) is 4.79 Å². The summed E-state index contributed by atoms with van der Waals surface area (Å²) in [4.78, 5) is 12.5. The normalized spacial score (nSPS) is 14.3. The lowest BCUT2D eigenvalue weighted by Crippen LogP contribution is -2.36. The van der Waals surface area contributed by atoms with Gasteiger partial charge in [0.05, 0.1) is 12.2 Å². The minimum atomic E-state index is -0.831. The average molecular weight is 272 g/mol. The molecule has 0 saturated heterocycles. The van der Waals surface area contributed by atoms with Crippen LogP contribution in [0.25, 0.3) is 0 Å². The summed E-state index contributed by atoms with van der Waals surface area (Å²) in [5.41, 5.74) is 0.832. The lowest BCUT2D eigenvalue weighted by atomic mass is 10.2. The largest absolute Gasteiger partial charge is 0.490 e. The van der Waals surface area contributed by atoms with Crippen molar-refractivity contribution in [3.8, 4) is 5.75 Å². The second-order valence-corrected chi connectivity index (χ2v) is 4.19. The SMILES string of the molecule is O=C(O)CN1CCOc2ccc(Br)cc21. The molecule has 15 heavy (non-hydrogen) atoms. The predicted octanol–water partition coefficient (Wildman–Crippen LogP) is 1.73. The molecular weight excluding hydrogens is 262 g/mol. The minimum Gasteiger partial charge on any atom is -0.490 e. The highest BCUT2D eigenvalue weighted by Gasteiger charge is 2.19. The molecule has 5 heteroatoms. The second kappa shape index (κ2) is 4.10. The first-order valence-electron chi connectivity index (χ1n) is 4.56. The molecule has 0 bridgehead atoms. The lowest BCUT2D eigenvalue weighted by Gasteiger charge is -2.29. The molecule has 1 heterocycles. The summed E-state index contributed by atoms with van der Waals surface area (Å²) in [6.07, 6.45) is 0. The van der Waals surface area contributed by atoms with Gasteiger partial charge in [0.2, 0.25) is 0 Å². The molecule has 1 N–H and O–H groups in total. The van der Waals surface area contributed by atoms with Crippen molar-refractivity contribution in [3.63, 3.8) is 0 Å². The zero-order chi connectivity index (χ0) is 10.8. The number of halogens is 1. The Morgan fingerprint density at radius 3 is 3.13 bits per heavy atom. The highest BCUT2D eigenvalue weighted by Crippen LogP contribution is 2.33. The van der Waals surface area contributed by atoms with Gasteiger partial charge in [0.25, 0.3) is 0 Å². The van der Waals surface area contributed by atoms with E-state index in [4.69, 9.17) is 9.84 Å². The van der Waals surface area contributed by atoms with E-state index in [1.54, 1.807) is 4.90 Å². The molecule has 0 unspecified atom stereocenters. The van der Waals surface area contributed by atoms with Crippen LogP contribution in [0, 0.1) is 0 Å². The smallest absolute Gasteiger partial charge is 0.323 e. The van der Waals surface area contributed by atoms with Gasteiger partial charge in [0.1, 0.15) is 18.9 Å². The first-order chi connectivity index (χ1) is 7.16. The van der Waals surface area contributed by atoms with E-state index in [1.807, 2.05) is 18.2 Å². The molecule has 0 spiro atoms. The summed E-state index contributed by atoms with van der Waals surface area (Å²) in [7, 11) is 0. The van der Waals surface area contributed by atoms with E-state index in [0.717, 1.165) is 15.9 Å². The average Bonchev–Trinajstić information content (AvgIpc) is 2.18. The van der Waals surface area contributed by atoms with Crippen LogP contribution >= 0.6 is 15.9 Å². The second-order valence-electron chi connectivity index (χ2n) is 3.28. The van der Waals surface area contributed by atoms with Crippen LogP contribution in [0.1, 0.15) is 0 Å². The van der Waals surface area contributed by atoms with Crippen molar-refractivity contribution in [2.24, 2.45) is 0 Å². The Bertz CT molecular complexity index is 394. The van der Waals surface area contributed by atoms with Crippen LogP contribution in [-0.4, -0.2) is 30.8 Å². The summed E-state index contributed by atoms with van der Waals surface area (Å²) < 4.78 is 6.35. The molecule has 0 atom stereocenters. The molecule has 0 amide bonds. The van der Waals surface area contributed by atoms with Crippen molar-refractivity contribution < 1.29 is 14.6 Å². The molecular formula is C10H10BrNO3. The van der Waals surface area contributed by atoms with Crippen molar-refractivity contribution in [2.45, 2.75) is 0 Å². The molecule has 2 rings (SSSR count). The summed E-state index contributed by atoms with van der Waals surface area (Å²) in [6, 6.07) is 5.59. The van der Waals surface area contributed by atoms with Crippen LogP contribution < -0.4 is 9.64 Å². The number of aliphatic carboxylic acids is 1. The van der Waals surface area contributed by atoms with Gasteiger partial charge in [-0.05, 0) is 18.2 Å². The summed E-state index contributed by atoms with van der Waals surface area (Å²) >= 11 is 3.35. The van der Waals surface area contributed by atoms with Gasteiger partial charge >= 0.3 is 5.97 Å². The fraction of sp³-hybridized carbons (Fsp3) is 0.300. The van der Waals surface area contributed by atoms with Crippen molar-refractivity contribution >= 4 is 27.6 Å². The number of carboxylic acid groups (broad SMARTS) is 1. The third-order valence-corrected chi connectivity index (χ3v) is 2.70. The van der Waals surface area contributed by atoms with Gasteiger partial charge in [-0.2, -0.15) is 0 Å². The van der Waals surface area contributed by atoms with Crippen molar-refractivity contribution in [3.05, 3.63) is 22.7 Å². The van der Waals surface area contributed by atoms with Crippen LogP contribution in [0.3, 0.4) is 0 Å². The highest BCUT2D eigenvalue weighted by atomic mass is 79.9. The third kappa shape index (κ3) is 2.23. The Kier molecular flexibility index (Phi) is 2.81. The standard InChI is InChI=1S/C10H10BrNO3/c11-7-1-2-9-8(5-7)12(3-4-15-9)6-10(13)14/h1-2,5H,3-4,6H2,(H,13,14). The molecule has 1 aliphatic rings. The first-order valence-corrected chi connectivity index (χ1v) is 5.35.